The Morgan fingerprint density at radius 3 is 2.71 bits per heavy atom. The van der Waals surface area contributed by atoms with Crippen LogP contribution in [-0.2, 0) is 0 Å². The number of hydrogen-bond donors (Lipinski definition) is 2. The lowest BCUT2D eigenvalue weighted by Crippen LogP contribution is -2.32. The molecule has 3 N–H and O–H groups in total. The Bertz CT molecular complexity index is 467. The third-order valence-corrected chi connectivity index (χ3v) is 5.00. The maximum absolute atomic E-state index is 5.76. The van der Waals surface area contributed by atoms with E-state index >= 15 is 0 Å². The molecule has 1 aliphatic rings. The molecule has 1 atom stereocenters. The van der Waals surface area contributed by atoms with Crippen molar-refractivity contribution in [2.45, 2.75) is 31.7 Å². The number of nitrogens with two attached hydrogens (primary N) is 1. The molecular formula is C14H18N2S. The van der Waals surface area contributed by atoms with E-state index in [9.17, 15) is 0 Å². The Morgan fingerprint density at radius 1 is 1.24 bits per heavy atom. The fourth-order valence-electron chi connectivity index (χ4n) is 2.90. The quantitative estimate of drug-likeness (QED) is 0.641. The van der Waals surface area contributed by atoms with Gasteiger partial charge in [-0.3, -0.25) is 11.3 Å². The molecule has 0 bridgehead atoms. The number of nitrogens with one attached hydrogen (secondary N) is 1. The summed E-state index contributed by atoms with van der Waals surface area (Å²) in [6, 6.07) is 11.2. The highest BCUT2D eigenvalue weighted by Gasteiger charge is 2.26. The molecule has 90 valence electrons. The number of hydrogen-bond acceptors (Lipinski definition) is 3. The van der Waals surface area contributed by atoms with Crippen LogP contribution >= 0.6 is 11.3 Å². The van der Waals surface area contributed by atoms with Crippen molar-refractivity contribution in [2.75, 3.05) is 0 Å². The molecule has 0 radical (unpaired) electrons. The first-order valence-corrected chi connectivity index (χ1v) is 7.15. The molecule has 1 unspecified atom stereocenters. The summed E-state index contributed by atoms with van der Waals surface area (Å²) in [7, 11) is 0. The Morgan fingerprint density at radius 2 is 2.00 bits per heavy atom. The van der Waals surface area contributed by atoms with E-state index in [1.807, 2.05) is 11.3 Å². The van der Waals surface area contributed by atoms with Gasteiger partial charge in [-0.1, -0.05) is 31.0 Å². The topological polar surface area (TPSA) is 38.0 Å². The molecular weight excluding hydrogens is 228 g/mol. The number of fused-ring (bicyclic) bond motifs is 1. The van der Waals surface area contributed by atoms with Gasteiger partial charge in [-0.15, -0.1) is 11.3 Å². The first-order chi connectivity index (χ1) is 8.38. The molecule has 3 heteroatoms. The lowest BCUT2D eigenvalue weighted by atomic mass is 9.97. The van der Waals surface area contributed by atoms with Gasteiger partial charge in [-0.25, -0.2) is 0 Å². The lowest BCUT2D eigenvalue weighted by molar-refractivity contribution is 0.379. The van der Waals surface area contributed by atoms with E-state index in [2.05, 4.69) is 35.8 Å². The molecule has 17 heavy (non-hydrogen) atoms. The summed E-state index contributed by atoms with van der Waals surface area (Å²) in [6.45, 7) is 0. The second kappa shape index (κ2) is 4.77. The Kier molecular flexibility index (Phi) is 3.14. The van der Waals surface area contributed by atoms with Gasteiger partial charge in [0.1, 0.15) is 0 Å². The van der Waals surface area contributed by atoms with Crippen molar-refractivity contribution in [3.05, 3.63) is 35.2 Å². The molecule has 0 aliphatic heterocycles. The highest BCUT2D eigenvalue weighted by molar-refractivity contribution is 7.19. The molecule has 0 spiro atoms. The summed E-state index contributed by atoms with van der Waals surface area (Å²) >= 11 is 1.87. The average Bonchev–Trinajstić information content (AvgIpc) is 2.98. The van der Waals surface area contributed by atoms with Crippen LogP contribution in [0.3, 0.4) is 0 Å². The molecule has 1 fully saturated rings. The number of benzene rings is 1. The fourth-order valence-corrected chi connectivity index (χ4v) is 4.12. The number of rotatable bonds is 3. The highest BCUT2D eigenvalue weighted by Crippen LogP contribution is 2.39. The average molecular weight is 246 g/mol. The third-order valence-electron chi connectivity index (χ3n) is 3.80. The fraction of sp³-hybridized carbons (Fsp3) is 0.429. The highest BCUT2D eigenvalue weighted by atomic mass is 32.1. The number of thiophene rings is 1. The summed E-state index contributed by atoms with van der Waals surface area (Å²) < 4.78 is 1.36. The Labute approximate surface area is 106 Å². The minimum absolute atomic E-state index is 0.342. The second-order valence-electron chi connectivity index (χ2n) is 4.88. The lowest BCUT2D eigenvalue weighted by Gasteiger charge is -2.20. The standard InChI is InChI=1S/C14H18N2S/c15-16-14(10-5-1-2-6-10)13-9-11-7-3-4-8-12(11)17-13/h3-4,7-10,14,16H,1-2,5-6,15H2. The van der Waals surface area contributed by atoms with Crippen molar-refractivity contribution in [2.24, 2.45) is 11.8 Å². The molecule has 3 rings (SSSR count). The summed E-state index contributed by atoms with van der Waals surface area (Å²) in [5.41, 5.74) is 3.03. The van der Waals surface area contributed by atoms with E-state index in [1.165, 1.54) is 40.6 Å². The van der Waals surface area contributed by atoms with Crippen LogP contribution in [-0.4, -0.2) is 0 Å². The van der Waals surface area contributed by atoms with Gasteiger partial charge in [0, 0.05) is 9.58 Å². The molecule has 1 aromatic heterocycles. The van der Waals surface area contributed by atoms with E-state index in [4.69, 9.17) is 5.84 Å². The van der Waals surface area contributed by atoms with Crippen LogP contribution in [0.4, 0.5) is 0 Å². The van der Waals surface area contributed by atoms with Gasteiger partial charge < -0.3 is 0 Å². The van der Waals surface area contributed by atoms with Crippen molar-refractivity contribution in [3.8, 4) is 0 Å². The van der Waals surface area contributed by atoms with Crippen molar-refractivity contribution in [1.29, 1.82) is 0 Å². The van der Waals surface area contributed by atoms with Crippen LogP contribution in [0.1, 0.15) is 36.6 Å². The molecule has 0 saturated heterocycles. The van der Waals surface area contributed by atoms with Crippen LogP contribution in [0.5, 0.6) is 0 Å². The first-order valence-electron chi connectivity index (χ1n) is 6.33. The molecule has 2 nitrogen and oxygen atoms in total. The molecule has 1 aromatic carbocycles. The zero-order chi connectivity index (χ0) is 11.7. The van der Waals surface area contributed by atoms with Crippen molar-refractivity contribution in [1.82, 2.24) is 5.43 Å². The van der Waals surface area contributed by atoms with E-state index in [0.717, 1.165) is 0 Å². The Balaban J connectivity index is 1.94. The first kappa shape index (κ1) is 11.2. The minimum Gasteiger partial charge on any atom is -0.271 e. The molecule has 1 saturated carbocycles. The number of hydrazine groups is 1. The smallest absolute Gasteiger partial charge is 0.0581 e. The van der Waals surface area contributed by atoms with Gasteiger partial charge in [0.25, 0.3) is 0 Å². The molecule has 1 heterocycles. The summed E-state index contributed by atoms with van der Waals surface area (Å²) in [4.78, 5) is 1.39. The second-order valence-corrected chi connectivity index (χ2v) is 5.99. The largest absolute Gasteiger partial charge is 0.271 e. The van der Waals surface area contributed by atoms with Crippen LogP contribution in [0, 0.1) is 5.92 Å². The summed E-state index contributed by atoms with van der Waals surface area (Å²) in [5, 5.41) is 1.34. The van der Waals surface area contributed by atoms with E-state index in [1.54, 1.807) is 0 Å². The Hall–Kier alpha value is -0.900. The molecule has 1 aliphatic carbocycles. The zero-order valence-electron chi connectivity index (χ0n) is 9.86. The van der Waals surface area contributed by atoms with Crippen molar-refractivity contribution >= 4 is 21.4 Å². The maximum atomic E-state index is 5.76. The van der Waals surface area contributed by atoms with Gasteiger partial charge in [0.05, 0.1) is 6.04 Å². The van der Waals surface area contributed by atoms with Crippen molar-refractivity contribution in [3.63, 3.8) is 0 Å². The monoisotopic (exact) mass is 246 g/mol. The maximum Gasteiger partial charge on any atom is 0.0581 e. The van der Waals surface area contributed by atoms with Crippen LogP contribution < -0.4 is 11.3 Å². The third kappa shape index (κ3) is 2.10. The van der Waals surface area contributed by atoms with Crippen LogP contribution in [0.25, 0.3) is 10.1 Å². The molecule has 2 aromatic rings. The summed E-state index contributed by atoms with van der Waals surface area (Å²) in [5.74, 6) is 6.48. The molecule has 0 amide bonds. The summed E-state index contributed by atoms with van der Waals surface area (Å²) in [6.07, 6.45) is 5.33. The van der Waals surface area contributed by atoms with E-state index in [0.29, 0.717) is 12.0 Å². The minimum atomic E-state index is 0.342. The van der Waals surface area contributed by atoms with Crippen LogP contribution in [0.15, 0.2) is 30.3 Å². The van der Waals surface area contributed by atoms with Gasteiger partial charge in [0.2, 0.25) is 0 Å². The van der Waals surface area contributed by atoms with E-state index in [-0.39, 0.29) is 0 Å². The predicted octanol–water partition coefficient (Wildman–Crippen LogP) is 3.60. The van der Waals surface area contributed by atoms with Gasteiger partial charge in [0.15, 0.2) is 0 Å². The predicted molar refractivity (Wildman–Crippen MR) is 73.8 cm³/mol. The van der Waals surface area contributed by atoms with Crippen molar-refractivity contribution < 1.29 is 0 Å². The normalized spacial score (nSPS) is 18.9. The van der Waals surface area contributed by atoms with Gasteiger partial charge in [-0.2, -0.15) is 0 Å². The van der Waals surface area contributed by atoms with Crippen LogP contribution in [0.2, 0.25) is 0 Å². The zero-order valence-corrected chi connectivity index (χ0v) is 10.7. The van der Waals surface area contributed by atoms with Gasteiger partial charge >= 0.3 is 0 Å². The van der Waals surface area contributed by atoms with E-state index < -0.39 is 0 Å². The SMILES string of the molecule is NNC(c1cc2ccccc2s1)C1CCCC1. The van der Waals surface area contributed by atoms with Gasteiger partial charge in [-0.05, 0) is 36.3 Å².